The summed E-state index contributed by atoms with van der Waals surface area (Å²) in [6.45, 7) is 2.57. The second-order valence-electron chi connectivity index (χ2n) is 1.03. The third-order valence-corrected chi connectivity index (χ3v) is 2.11. The number of hydrogen-bond acceptors (Lipinski definition) is 2. The summed E-state index contributed by atoms with van der Waals surface area (Å²) in [7, 11) is 2.60. The van der Waals surface area contributed by atoms with Gasteiger partial charge in [0.1, 0.15) is 0 Å². The minimum atomic E-state index is 1.29. The van der Waals surface area contributed by atoms with Crippen LogP contribution in [-0.4, -0.2) is 17.4 Å². The number of rotatable bonds is 1. The van der Waals surface area contributed by atoms with Crippen LogP contribution in [0.5, 0.6) is 0 Å². The molecular formula is C2H6NPS. The number of nitrogens with zero attached hydrogens (tertiary/aromatic N) is 1. The van der Waals surface area contributed by atoms with Gasteiger partial charge >= 0.3 is 0 Å². The third kappa shape index (κ3) is 1.08. The maximum absolute atomic E-state index is 2.60. The Morgan fingerprint density at radius 1 is 1.60 bits per heavy atom. The van der Waals surface area contributed by atoms with Crippen LogP contribution >= 0.6 is 20.0 Å². The normalized spacial score (nSPS) is 23.4. The zero-order valence-electron chi connectivity index (χ0n) is 2.85. The minimum absolute atomic E-state index is 1.29. The monoisotopic (exact) mass is 107 g/mol. The zero-order chi connectivity index (χ0) is 3.70. The molecule has 0 amide bonds. The maximum atomic E-state index is 2.60. The topological polar surface area (TPSA) is 3.01 Å². The number of hydrogen-bond donors (Lipinski definition) is 0. The van der Waals surface area contributed by atoms with Crippen molar-refractivity contribution in [2.24, 2.45) is 0 Å². The standard InChI is InChI=1S/C2H6NPS/c4-5-3-1-2-3/h1-2,4H2. The Bertz CT molecular complexity index is 36.6. The highest BCUT2D eigenvalue weighted by Crippen LogP contribution is 2.24. The molecule has 0 saturated carbocycles. The van der Waals surface area contributed by atoms with Gasteiger partial charge in [0.05, 0.1) is 0 Å². The van der Waals surface area contributed by atoms with Gasteiger partial charge in [-0.15, -0.1) is 0 Å². The van der Waals surface area contributed by atoms with E-state index in [-0.39, 0.29) is 0 Å². The van der Waals surface area contributed by atoms with Gasteiger partial charge < -0.3 is 0 Å². The Hall–Kier alpha value is 0.740. The Balaban J connectivity index is 2.00. The van der Waals surface area contributed by atoms with Crippen LogP contribution in [0.2, 0.25) is 0 Å². The first kappa shape index (κ1) is 3.91. The maximum Gasteiger partial charge on any atom is 0.0230 e. The predicted octanol–water partition coefficient (Wildman–Crippen LogP) is 0.740. The van der Waals surface area contributed by atoms with Crippen LogP contribution in [0.4, 0.5) is 0 Å². The average molecular weight is 107 g/mol. The van der Waals surface area contributed by atoms with Gasteiger partial charge in [-0.05, 0) is 0 Å². The molecule has 1 saturated heterocycles. The summed E-state index contributed by atoms with van der Waals surface area (Å²) in [5.41, 5.74) is 0. The Labute approximate surface area is 38.2 Å². The van der Waals surface area contributed by atoms with E-state index < -0.39 is 0 Å². The zero-order valence-corrected chi connectivity index (χ0v) is 4.82. The predicted molar refractivity (Wildman–Crippen MR) is 28.9 cm³/mol. The van der Waals surface area contributed by atoms with E-state index in [0.29, 0.717) is 0 Å². The fraction of sp³-hybridized carbons (Fsp3) is 1.00. The van der Waals surface area contributed by atoms with Crippen LogP contribution in [-0.2, 0) is 0 Å². The molecule has 0 aromatic heterocycles. The Kier molecular flexibility index (Phi) is 1.14. The third-order valence-electron chi connectivity index (χ3n) is 0.555. The molecule has 0 aromatic carbocycles. The van der Waals surface area contributed by atoms with Gasteiger partial charge in [0.25, 0.3) is 0 Å². The first-order valence-electron chi connectivity index (χ1n) is 1.55. The van der Waals surface area contributed by atoms with Crippen molar-refractivity contribution in [3.8, 4) is 0 Å². The van der Waals surface area contributed by atoms with Crippen molar-refractivity contribution in [1.29, 1.82) is 0 Å². The van der Waals surface area contributed by atoms with Crippen molar-refractivity contribution >= 4 is 20.0 Å². The van der Waals surface area contributed by atoms with E-state index in [4.69, 9.17) is 0 Å². The molecular weight excluding hydrogens is 101 g/mol. The molecule has 0 spiro atoms. The molecule has 0 aliphatic carbocycles. The lowest BCUT2D eigenvalue weighted by molar-refractivity contribution is 0.967. The van der Waals surface area contributed by atoms with Crippen molar-refractivity contribution in [2.75, 3.05) is 13.1 Å². The van der Waals surface area contributed by atoms with E-state index in [2.05, 4.69) is 12.7 Å². The van der Waals surface area contributed by atoms with Gasteiger partial charge in [0, 0.05) is 13.1 Å². The smallest absolute Gasteiger partial charge is 0.0230 e. The summed E-state index contributed by atoms with van der Waals surface area (Å²) in [4.78, 5) is 0. The van der Waals surface area contributed by atoms with Crippen molar-refractivity contribution in [2.45, 2.75) is 0 Å². The molecule has 0 radical (unpaired) electrons. The largest absolute Gasteiger partial charge is 0.245 e. The summed E-state index contributed by atoms with van der Waals surface area (Å²) >= 11 is 1.74. The molecule has 1 nitrogen and oxygen atoms in total. The van der Waals surface area contributed by atoms with Crippen molar-refractivity contribution in [3.05, 3.63) is 0 Å². The highest BCUT2D eigenvalue weighted by molar-refractivity contribution is 8.42. The van der Waals surface area contributed by atoms with Gasteiger partial charge in [-0.3, -0.25) is 0 Å². The average Bonchev–Trinajstić information content (AvgIpc) is 2.12. The van der Waals surface area contributed by atoms with Crippen molar-refractivity contribution in [3.63, 3.8) is 0 Å². The first-order chi connectivity index (χ1) is 2.43. The van der Waals surface area contributed by atoms with E-state index in [1.165, 1.54) is 13.1 Å². The molecule has 0 bridgehead atoms. The molecule has 1 atom stereocenters. The highest BCUT2D eigenvalue weighted by Gasteiger charge is 2.13. The lowest BCUT2D eigenvalue weighted by Gasteiger charge is -1.80. The van der Waals surface area contributed by atoms with Crippen LogP contribution in [0, 0.1) is 0 Å². The van der Waals surface area contributed by atoms with Crippen LogP contribution in [0.1, 0.15) is 0 Å². The second-order valence-corrected chi connectivity index (χ2v) is 2.39. The summed E-state index contributed by atoms with van der Waals surface area (Å²) in [5, 5.41) is 0. The van der Waals surface area contributed by atoms with E-state index in [9.17, 15) is 0 Å². The summed E-state index contributed by atoms with van der Waals surface area (Å²) in [6.07, 6.45) is 0. The fourth-order valence-electron chi connectivity index (χ4n) is 0.146. The molecule has 30 valence electrons. The minimum Gasteiger partial charge on any atom is -0.245 e. The van der Waals surface area contributed by atoms with E-state index in [1.54, 1.807) is 11.6 Å². The Morgan fingerprint density at radius 2 is 2.20 bits per heavy atom. The van der Waals surface area contributed by atoms with Gasteiger partial charge in [0.2, 0.25) is 0 Å². The molecule has 5 heavy (non-hydrogen) atoms. The Morgan fingerprint density at radius 3 is 2.20 bits per heavy atom. The van der Waals surface area contributed by atoms with Crippen LogP contribution in [0.25, 0.3) is 0 Å². The highest BCUT2D eigenvalue weighted by atomic mass is 32.7. The summed E-state index contributed by atoms with van der Waals surface area (Å²) in [5.74, 6) is 0. The molecule has 1 aliphatic heterocycles. The lowest BCUT2D eigenvalue weighted by atomic mass is 11.0. The van der Waals surface area contributed by atoms with E-state index in [1.807, 2.05) is 0 Å². The van der Waals surface area contributed by atoms with Gasteiger partial charge in [0.15, 0.2) is 0 Å². The molecule has 1 heterocycles. The van der Waals surface area contributed by atoms with E-state index >= 15 is 0 Å². The quantitative estimate of drug-likeness (QED) is 0.276. The van der Waals surface area contributed by atoms with Crippen molar-refractivity contribution in [1.82, 2.24) is 4.31 Å². The lowest BCUT2D eigenvalue weighted by Crippen LogP contribution is -1.66. The molecule has 1 fully saturated rings. The first-order valence-corrected chi connectivity index (χ1v) is 3.80. The van der Waals surface area contributed by atoms with E-state index in [0.717, 1.165) is 0 Å². The molecule has 1 aliphatic rings. The van der Waals surface area contributed by atoms with Crippen LogP contribution < -0.4 is 0 Å². The SMILES string of the molecule is PSN1CC1. The van der Waals surface area contributed by atoms with Crippen LogP contribution in [0.15, 0.2) is 0 Å². The van der Waals surface area contributed by atoms with Gasteiger partial charge in [-0.1, -0.05) is 20.0 Å². The summed E-state index contributed by atoms with van der Waals surface area (Å²) < 4.78 is 2.25. The fourth-order valence-corrected chi connectivity index (χ4v) is 1.07. The second kappa shape index (κ2) is 1.46. The van der Waals surface area contributed by atoms with Gasteiger partial charge in [-0.25, -0.2) is 4.31 Å². The van der Waals surface area contributed by atoms with Crippen molar-refractivity contribution < 1.29 is 0 Å². The molecule has 3 heteroatoms. The van der Waals surface area contributed by atoms with Gasteiger partial charge in [-0.2, -0.15) is 0 Å². The van der Waals surface area contributed by atoms with Crippen LogP contribution in [0.3, 0.4) is 0 Å². The molecule has 0 aromatic rings. The molecule has 0 N–H and O–H groups in total. The summed E-state index contributed by atoms with van der Waals surface area (Å²) in [6, 6.07) is 0. The molecule has 1 rings (SSSR count). The molecule has 1 unspecified atom stereocenters.